The fraction of sp³-hybridized carbons (Fsp3) is 0.125. The standard InChI is InChI=1S/C16H16N4/c1-13-7-9-17-12-16(13)18-11-14-8-10-20(19-14)15-5-3-2-4-6-15/h2-10,12,18H,11H2,1H3. The van der Waals surface area contributed by atoms with Gasteiger partial charge in [-0.05, 0) is 36.8 Å². The molecule has 20 heavy (non-hydrogen) atoms. The molecule has 0 radical (unpaired) electrons. The maximum atomic E-state index is 4.56. The minimum Gasteiger partial charge on any atom is -0.378 e. The van der Waals surface area contributed by atoms with Crippen molar-refractivity contribution in [1.82, 2.24) is 14.8 Å². The highest BCUT2D eigenvalue weighted by molar-refractivity contribution is 5.48. The predicted octanol–water partition coefficient (Wildman–Crippen LogP) is 3.19. The first kappa shape index (κ1) is 12.4. The van der Waals surface area contributed by atoms with Crippen LogP contribution in [0.2, 0.25) is 0 Å². The molecule has 4 heteroatoms. The Labute approximate surface area is 118 Å². The number of nitrogens with zero attached hydrogens (tertiary/aromatic N) is 3. The van der Waals surface area contributed by atoms with Crippen LogP contribution in [0, 0.1) is 6.92 Å². The molecule has 1 N–H and O–H groups in total. The molecule has 0 fully saturated rings. The molecular formula is C16H16N4. The predicted molar refractivity (Wildman–Crippen MR) is 79.9 cm³/mol. The number of aryl methyl sites for hydroxylation is 1. The number of benzene rings is 1. The summed E-state index contributed by atoms with van der Waals surface area (Å²) in [7, 11) is 0. The van der Waals surface area contributed by atoms with Gasteiger partial charge >= 0.3 is 0 Å². The quantitative estimate of drug-likeness (QED) is 0.787. The topological polar surface area (TPSA) is 42.7 Å². The van der Waals surface area contributed by atoms with E-state index in [9.17, 15) is 0 Å². The molecule has 0 aliphatic carbocycles. The van der Waals surface area contributed by atoms with E-state index in [1.807, 2.05) is 59.5 Å². The molecule has 0 aliphatic heterocycles. The molecular weight excluding hydrogens is 248 g/mol. The lowest BCUT2D eigenvalue weighted by molar-refractivity contribution is 0.843. The lowest BCUT2D eigenvalue weighted by atomic mass is 10.2. The van der Waals surface area contributed by atoms with Crippen molar-refractivity contribution in [3.8, 4) is 5.69 Å². The monoisotopic (exact) mass is 264 g/mol. The Morgan fingerprint density at radius 3 is 2.75 bits per heavy atom. The van der Waals surface area contributed by atoms with Crippen molar-refractivity contribution in [1.29, 1.82) is 0 Å². The van der Waals surface area contributed by atoms with Crippen molar-refractivity contribution >= 4 is 5.69 Å². The van der Waals surface area contributed by atoms with E-state index in [2.05, 4.69) is 22.3 Å². The van der Waals surface area contributed by atoms with Gasteiger partial charge in [0.25, 0.3) is 0 Å². The highest BCUT2D eigenvalue weighted by Crippen LogP contribution is 2.13. The molecule has 0 unspecified atom stereocenters. The largest absolute Gasteiger partial charge is 0.378 e. The van der Waals surface area contributed by atoms with Crippen LogP contribution < -0.4 is 5.32 Å². The van der Waals surface area contributed by atoms with Crippen LogP contribution in [0.1, 0.15) is 11.3 Å². The van der Waals surface area contributed by atoms with Gasteiger partial charge in [-0.25, -0.2) is 4.68 Å². The van der Waals surface area contributed by atoms with Gasteiger partial charge in [-0.3, -0.25) is 4.98 Å². The van der Waals surface area contributed by atoms with Crippen LogP contribution in [-0.4, -0.2) is 14.8 Å². The molecule has 2 aromatic heterocycles. The SMILES string of the molecule is Cc1ccncc1NCc1ccn(-c2ccccc2)n1. The maximum absolute atomic E-state index is 4.56. The number of anilines is 1. The molecule has 4 nitrogen and oxygen atoms in total. The van der Waals surface area contributed by atoms with Crippen LogP contribution in [0.4, 0.5) is 5.69 Å². The zero-order chi connectivity index (χ0) is 13.8. The molecule has 3 rings (SSSR count). The summed E-state index contributed by atoms with van der Waals surface area (Å²) in [6.07, 6.45) is 5.61. The van der Waals surface area contributed by atoms with Crippen molar-refractivity contribution in [2.45, 2.75) is 13.5 Å². The van der Waals surface area contributed by atoms with Gasteiger partial charge in [0, 0.05) is 12.4 Å². The number of rotatable bonds is 4. The van der Waals surface area contributed by atoms with Crippen molar-refractivity contribution in [3.05, 3.63) is 72.3 Å². The fourth-order valence-corrected chi connectivity index (χ4v) is 2.02. The van der Waals surface area contributed by atoms with E-state index >= 15 is 0 Å². The number of aromatic nitrogens is 3. The van der Waals surface area contributed by atoms with Gasteiger partial charge in [-0.1, -0.05) is 18.2 Å². The minimum absolute atomic E-state index is 0.687. The maximum Gasteiger partial charge on any atom is 0.0819 e. The lowest BCUT2D eigenvalue weighted by Gasteiger charge is -2.06. The van der Waals surface area contributed by atoms with Gasteiger partial charge < -0.3 is 5.32 Å². The van der Waals surface area contributed by atoms with Crippen LogP contribution >= 0.6 is 0 Å². The summed E-state index contributed by atoms with van der Waals surface area (Å²) in [5, 5.41) is 7.91. The summed E-state index contributed by atoms with van der Waals surface area (Å²) >= 11 is 0. The summed E-state index contributed by atoms with van der Waals surface area (Å²) < 4.78 is 1.88. The fourth-order valence-electron chi connectivity index (χ4n) is 2.02. The van der Waals surface area contributed by atoms with Crippen LogP contribution in [-0.2, 0) is 6.54 Å². The van der Waals surface area contributed by atoms with Gasteiger partial charge in [-0.2, -0.15) is 5.10 Å². The molecule has 1 aromatic carbocycles. The average Bonchev–Trinajstić information content (AvgIpc) is 2.96. The molecule has 0 spiro atoms. The van der Waals surface area contributed by atoms with Crippen molar-refractivity contribution in [2.75, 3.05) is 5.32 Å². The summed E-state index contributed by atoms with van der Waals surface area (Å²) in [4.78, 5) is 4.12. The van der Waals surface area contributed by atoms with Crippen LogP contribution in [0.15, 0.2) is 61.1 Å². The second-order valence-electron chi connectivity index (χ2n) is 4.63. The number of nitrogens with one attached hydrogen (secondary N) is 1. The first-order chi connectivity index (χ1) is 9.83. The minimum atomic E-state index is 0.687. The molecule has 0 bridgehead atoms. The zero-order valence-corrected chi connectivity index (χ0v) is 11.3. The second-order valence-corrected chi connectivity index (χ2v) is 4.63. The van der Waals surface area contributed by atoms with E-state index < -0.39 is 0 Å². The smallest absolute Gasteiger partial charge is 0.0819 e. The molecule has 0 aliphatic rings. The van der Waals surface area contributed by atoms with Gasteiger partial charge in [-0.15, -0.1) is 0 Å². The van der Waals surface area contributed by atoms with Crippen molar-refractivity contribution in [3.63, 3.8) is 0 Å². The Hall–Kier alpha value is -2.62. The number of hydrogen-bond donors (Lipinski definition) is 1. The molecule has 100 valence electrons. The first-order valence-electron chi connectivity index (χ1n) is 6.57. The first-order valence-corrected chi connectivity index (χ1v) is 6.57. The third kappa shape index (κ3) is 2.69. The van der Waals surface area contributed by atoms with Crippen molar-refractivity contribution in [2.24, 2.45) is 0 Å². The molecule has 0 amide bonds. The van der Waals surface area contributed by atoms with Gasteiger partial charge in [0.05, 0.1) is 29.8 Å². The highest BCUT2D eigenvalue weighted by atomic mass is 15.3. The van der Waals surface area contributed by atoms with Crippen LogP contribution in [0.5, 0.6) is 0 Å². The van der Waals surface area contributed by atoms with Crippen molar-refractivity contribution < 1.29 is 0 Å². The molecule has 0 atom stereocenters. The summed E-state index contributed by atoms with van der Waals surface area (Å²) in [5.41, 5.74) is 4.29. The van der Waals surface area contributed by atoms with Gasteiger partial charge in [0.1, 0.15) is 0 Å². The van der Waals surface area contributed by atoms with Gasteiger partial charge in [0.2, 0.25) is 0 Å². The van der Waals surface area contributed by atoms with E-state index in [0.29, 0.717) is 6.54 Å². The lowest BCUT2D eigenvalue weighted by Crippen LogP contribution is -2.03. The van der Waals surface area contributed by atoms with E-state index in [0.717, 1.165) is 17.1 Å². The number of pyridine rings is 1. The molecule has 3 aromatic rings. The third-order valence-corrected chi connectivity index (χ3v) is 3.16. The van der Waals surface area contributed by atoms with E-state index in [4.69, 9.17) is 0 Å². The second kappa shape index (κ2) is 5.57. The molecule has 0 saturated carbocycles. The Kier molecular flexibility index (Phi) is 3.46. The molecule has 2 heterocycles. The molecule has 0 saturated heterocycles. The van der Waals surface area contributed by atoms with Crippen LogP contribution in [0.25, 0.3) is 5.69 Å². The van der Waals surface area contributed by atoms with Crippen LogP contribution in [0.3, 0.4) is 0 Å². The van der Waals surface area contributed by atoms with Gasteiger partial charge in [0.15, 0.2) is 0 Å². The zero-order valence-electron chi connectivity index (χ0n) is 11.3. The highest BCUT2D eigenvalue weighted by Gasteiger charge is 2.02. The Bertz CT molecular complexity index is 688. The van der Waals surface area contributed by atoms with E-state index in [-0.39, 0.29) is 0 Å². The third-order valence-electron chi connectivity index (χ3n) is 3.16. The summed E-state index contributed by atoms with van der Waals surface area (Å²) in [6, 6.07) is 14.1. The summed E-state index contributed by atoms with van der Waals surface area (Å²) in [5.74, 6) is 0. The van der Waals surface area contributed by atoms with E-state index in [1.165, 1.54) is 5.56 Å². The van der Waals surface area contributed by atoms with E-state index in [1.54, 1.807) is 6.20 Å². The Morgan fingerprint density at radius 2 is 1.95 bits per heavy atom. The summed E-state index contributed by atoms with van der Waals surface area (Å²) in [6.45, 7) is 2.75. The number of para-hydroxylation sites is 1. The normalized spacial score (nSPS) is 10.4. The number of hydrogen-bond acceptors (Lipinski definition) is 3. The Morgan fingerprint density at radius 1 is 1.10 bits per heavy atom. The average molecular weight is 264 g/mol. The Balaban J connectivity index is 1.71.